The summed E-state index contributed by atoms with van der Waals surface area (Å²) in [5.74, 6) is 0.405. The highest BCUT2D eigenvalue weighted by atomic mass is 32.2. The SMILES string of the molecule is O=C(CCSCC(NN=Cc1ccccc1)C(=O)NN=Cc1ccccc1)NN=Cc1ccccc1. The smallest absolute Gasteiger partial charge is 0.265 e. The van der Waals surface area contributed by atoms with Gasteiger partial charge in [-0.15, -0.1) is 0 Å². The van der Waals surface area contributed by atoms with Crippen molar-refractivity contribution in [1.29, 1.82) is 0 Å². The molecule has 36 heavy (non-hydrogen) atoms. The van der Waals surface area contributed by atoms with Crippen LogP contribution in [0.25, 0.3) is 0 Å². The van der Waals surface area contributed by atoms with Crippen molar-refractivity contribution in [1.82, 2.24) is 16.3 Å². The standard InChI is InChI=1S/C27H28N6O2S/c34-26(32-29-19-23-12-6-2-7-13-23)16-17-36-21-25(31-28-18-22-10-4-1-5-11-22)27(35)33-30-20-24-14-8-3-9-15-24/h1-15,18-20,25,31H,16-17,21H2,(H,32,34)(H,33,35). The molecule has 3 rings (SSSR count). The molecule has 3 aromatic rings. The van der Waals surface area contributed by atoms with Gasteiger partial charge in [-0.3, -0.25) is 15.0 Å². The van der Waals surface area contributed by atoms with Crippen LogP contribution < -0.4 is 16.3 Å². The summed E-state index contributed by atoms with van der Waals surface area (Å²) in [6.07, 6.45) is 5.09. The van der Waals surface area contributed by atoms with E-state index in [0.29, 0.717) is 11.5 Å². The van der Waals surface area contributed by atoms with Crippen molar-refractivity contribution >= 4 is 42.2 Å². The van der Waals surface area contributed by atoms with Crippen molar-refractivity contribution in [2.75, 3.05) is 11.5 Å². The Morgan fingerprint density at radius 3 is 1.69 bits per heavy atom. The van der Waals surface area contributed by atoms with Crippen LogP contribution in [0.1, 0.15) is 23.1 Å². The maximum atomic E-state index is 12.7. The Labute approximate surface area is 215 Å². The third-order valence-corrected chi connectivity index (χ3v) is 5.77. The normalized spacial score (nSPS) is 12.1. The number of nitrogens with zero attached hydrogens (tertiary/aromatic N) is 3. The Balaban J connectivity index is 1.46. The maximum absolute atomic E-state index is 12.7. The van der Waals surface area contributed by atoms with Crippen LogP contribution in [0.5, 0.6) is 0 Å². The molecular weight excluding hydrogens is 472 g/mol. The highest BCUT2D eigenvalue weighted by Gasteiger charge is 2.17. The summed E-state index contributed by atoms with van der Waals surface area (Å²) in [5.41, 5.74) is 10.7. The average molecular weight is 501 g/mol. The number of hydrogen-bond acceptors (Lipinski definition) is 7. The molecular formula is C27H28N6O2S. The number of thioether (sulfide) groups is 1. The summed E-state index contributed by atoms with van der Waals surface area (Å²) < 4.78 is 0. The van der Waals surface area contributed by atoms with Gasteiger partial charge >= 0.3 is 0 Å². The largest absolute Gasteiger partial charge is 0.297 e. The minimum absolute atomic E-state index is 0.196. The lowest BCUT2D eigenvalue weighted by atomic mass is 10.2. The van der Waals surface area contributed by atoms with Gasteiger partial charge in [0.2, 0.25) is 5.91 Å². The second-order valence-electron chi connectivity index (χ2n) is 7.52. The summed E-state index contributed by atoms with van der Waals surface area (Å²) >= 11 is 1.46. The number of nitrogens with one attached hydrogen (secondary N) is 3. The first kappa shape index (κ1) is 26.4. The lowest BCUT2D eigenvalue weighted by molar-refractivity contribution is -0.122. The fourth-order valence-corrected chi connectivity index (χ4v) is 3.80. The van der Waals surface area contributed by atoms with Gasteiger partial charge in [-0.1, -0.05) is 91.0 Å². The minimum Gasteiger partial charge on any atom is -0.297 e. The Bertz CT molecular complexity index is 1150. The number of rotatable bonds is 13. The van der Waals surface area contributed by atoms with Crippen LogP contribution in [0.15, 0.2) is 106 Å². The second-order valence-corrected chi connectivity index (χ2v) is 8.67. The molecule has 0 aliphatic carbocycles. The number of benzene rings is 3. The van der Waals surface area contributed by atoms with Gasteiger partial charge in [0, 0.05) is 17.9 Å². The third kappa shape index (κ3) is 10.4. The Hall–Kier alpha value is -4.24. The highest BCUT2D eigenvalue weighted by molar-refractivity contribution is 7.99. The van der Waals surface area contributed by atoms with Crippen molar-refractivity contribution in [3.8, 4) is 0 Å². The minimum atomic E-state index is -0.637. The van der Waals surface area contributed by atoms with Gasteiger partial charge < -0.3 is 0 Å². The highest BCUT2D eigenvalue weighted by Crippen LogP contribution is 2.06. The predicted molar refractivity (Wildman–Crippen MR) is 147 cm³/mol. The van der Waals surface area contributed by atoms with Crippen LogP contribution in [0, 0.1) is 0 Å². The quantitative estimate of drug-likeness (QED) is 0.190. The Morgan fingerprint density at radius 2 is 1.17 bits per heavy atom. The van der Waals surface area contributed by atoms with Crippen LogP contribution in [0.4, 0.5) is 0 Å². The molecule has 0 bridgehead atoms. The summed E-state index contributed by atoms with van der Waals surface area (Å²) in [4.78, 5) is 24.7. The van der Waals surface area contributed by atoms with E-state index < -0.39 is 6.04 Å². The van der Waals surface area contributed by atoms with Crippen molar-refractivity contribution in [3.63, 3.8) is 0 Å². The molecule has 0 saturated carbocycles. The van der Waals surface area contributed by atoms with Crippen LogP contribution in [-0.2, 0) is 9.59 Å². The van der Waals surface area contributed by atoms with E-state index in [1.165, 1.54) is 11.8 Å². The average Bonchev–Trinajstić information content (AvgIpc) is 2.92. The van der Waals surface area contributed by atoms with Crippen molar-refractivity contribution in [2.45, 2.75) is 12.5 Å². The molecule has 0 aliphatic heterocycles. The molecule has 0 heterocycles. The molecule has 9 heteroatoms. The molecule has 184 valence electrons. The van der Waals surface area contributed by atoms with E-state index >= 15 is 0 Å². The number of hydrazone groups is 3. The van der Waals surface area contributed by atoms with E-state index in [0.717, 1.165) is 16.7 Å². The van der Waals surface area contributed by atoms with Gasteiger partial charge in [0.05, 0.1) is 18.6 Å². The summed E-state index contributed by atoms with van der Waals surface area (Å²) in [6.45, 7) is 0. The Morgan fingerprint density at radius 1 is 0.694 bits per heavy atom. The number of carbonyl (C=O) groups excluding carboxylic acids is 2. The molecule has 0 radical (unpaired) electrons. The summed E-state index contributed by atoms with van der Waals surface area (Å²) in [5, 5.41) is 12.2. The number of hydrogen-bond donors (Lipinski definition) is 3. The number of carbonyl (C=O) groups is 2. The van der Waals surface area contributed by atoms with Gasteiger partial charge in [0.15, 0.2) is 0 Å². The third-order valence-electron chi connectivity index (χ3n) is 4.71. The molecule has 3 aromatic carbocycles. The monoisotopic (exact) mass is 500 g/mol. The lowest BCUT2D eigenvalue weighted by Crippen LogP contribution is -2.42. The molecule has 1 unspecified atom stereocenters. The molecule has 0 aromatic heterocycles. The molecule has 8 nitrogen and oxygen atoms in total. The first-order chi connectivity index (χ1) is 17.7. The van der Waals surface area contributed by atoms with Gasteiger partial charge in [0.1, 0.15) is 6.04 Å². The summed E-state index contributed by atoms with van der Waals surface area (Å²) in [7, 11) is 0. The van der Waals surface area contributed by atoms with E-state index in [-0.39, 0.29) is 18.2 Å². The molecule has 2 amide bonds. The van der Waals surface area contributed by atoms with Crippen molar-refractivity contribution < 1.29 is 9.59 Å². The van der Waals surface area contributed by atoms with E-state index in [4.69, 9.17) is 0 Å². The zero-order valence-corrected chi connectivity index (χ0v) is 20.5. The maximum Gasteiger partial charge on any atom is 0.265 e. The van der Waals surface area contributed by atoms with E-state index in [2.05, 4.69) is 31.6 Å². The molecule has 0 saturated heterocycles. The van der Waals surface area contributed by atoms with Gasteiger partial charge in [-0.05, 0) is 16.7 Å². The van der Waals surface area contributed by atoms with E-state index in [9.17, 15) is 9.59 Å². The van der Waals surface area contributed by atoms with E-state index in [1.54, 1.807) is 18.6 Å². The van der Waals surface area contributed by atoms with Crippen LogP contribution in [-0.4, -0.2) is 48.0 Å². The fourth-order valence-electron chi connectivity index (χ4n) is 2.84. The van der Waals surface area contributed by atoms with Crippen LogP contribution in [0.3, 0.4) is 0 Å². The molecule has 3 N–H and O–H groups in total. The van der Waals surface area contributed by atoms with Gasteiger partial charge in [-0.25, -0.2) is 10.9 Å². The topological polar surface area (TPSA) is 107 Å². The summed E-state index contributed by atoms with van der Waals surface area (Å²) in [6, 6.07) is 27.9. The fraction of sp³-hybridized carbons (Fsp3) is 0.148. The number of amides is 2. The zero-order chi connectivity index (χ0) is 25.3. The predicted octanol–water partition coefficient (Wildman–Crippen LogP) is 3.40. The molecule has 0 fully saturated rings. The first-order valence-corrected chi connectivity index (χ1v) is 12.5. The first-order valence-electron chi connectivity index (χ1n) is 11.4. The Kier molecular flexibility index (Phi) is 11.4. The second kappa shape index (κ2) is 15.6. The van der Waals surface area contributed by atoms with Crippen molar-refractivity contribution in [3.05, 3.63) is 108 Å². The lowest BCUT2D eigenvalue weighted by Gasteiger charge is -2.14. The van der Waals surface area contributed by atoms with Gasteiger partial charge in [0.25, 0.3) is 5.91 Å². The zero-order valence-electron chi connectivity index (χ0n) is 19.7. The molecule has 0 spiro atoms. The van der Waals surface area contributed by atoms with Crippen LogP contribution in [0.2, 0.25) is 0 Å². The van der Waals surface area contributed by atoms with Gasteiger partial charge in [-0.2, -0.15) is 27.1 Å². The molecule has 1 atom stereocenters. The van der Waals surface area contributed by atoms with Crippen LogP contribution >= 0.6 is 11.8 Å². The molecule has 0 aliphatic rings. The van der Waals surface area contributed by atoms with E-state index in [1.807, 2.05) is 91.0 Å². The van der Waals surface area contributed by atoms with Crippen molar-refractivity contribution in [2.24, 2.45) is 15.3 Å².